The van der Waals surface area contributed by atoms with Gasteiger partial charge in [0.25, 0.3) is 16.1 Å². The molecule has 2 fully saturated rings. The Hall–Kier alpha value is -1.13. The minimum absolute atomic E-state index is 0.0259. The molecule has 1 aromatic rings. The van der Waals surface area contributed by atoms with Crippen LogP contribution in [0.3, 0.4) is 0 Å². The normalized spacial score (nSPS) is 28.5. The van der Waals surface area contributed by atoms with Gasteiger partial charge in [0.2, 0.25) is 5.89 Å². The first-order valence-corrected chi connectivity index (χ1v) is 8.77. The van der Waals surface area contributed by atoms with Gasteiger partial charge in [0.1, 0.15) is 0 Å². The number of halogens is 2. The molecule has 1 unspecified atom stereocenters. The second kappa shape index (κ2) is 5.82. The summed E-state index contributed by atoms with van der Waals surface area (Å²) in [4.78, 5) is 4.00. The van der Waals surface area contributed by atoms with Crippen LogP contribution in [0.5, 0.6) is 0 Å². The quantitative estimate of drug-likeness (QED) is 0.901. The summed E-state index contributed by atoms with van der Waals surface area (Å²) in [5.74, 6) is -3.86. The van der Waals surface area contributed by atoms with Crippen LogP contribution in [0.25, 0.3) is 0 Å². The second-order valence-electron chi connectivity index (χ2n) is 5.69. The van der Waals surface area contributed by atoms with E-state index in [0.29, 0.717) is 38.8 Å². The SMILES string of the molecule is O=S1(=O)NCCCN1Cc1nc(C2CCCCC2(F)F)no1. The van der Waals surface area contributed by atoms with E-state index in [1.807, 2.05) is 0 Å². The van der Waals surface area contributed by atoms with Gasteiger partial charge in [0.05, 0.1) is 12.5 Å². The Morgan fingerprint density at radius 3 is 2.91 bits per heavy atom. The summed E-state index contributed by atoms with van der Waals surface area (Å²) >= 11 is 0. The smallest absolute Gasteiger partial charge is 0.279 e. The van der Waals surface area contributed by atoms with Crippen molar-refractivity contribution in [1.82, 2.24) is 19.2 Å². The summed E-state index contributed by atoms with van der Waals surface area (Å²) in [6, 6.07) is 0. The number of rotatable bonds is 3. The van der Waals surface area contributed by atoms with Gasteiger partial charge in [-0.3, -0.25) is 0 Å². The van der Waals surface area contributed by atoms with Crippen LogP contribution in [0, 0.1) is 0 Å². The fourth-order valence-electron chi connectivity index (χ4n) is 2.87. The molecule has 0 spiro atoms. The third-order valence-electron chi connectivity index (χ3n) is 4.08. The van der Waals surface area contributed by atoms with Gasteiger partial charge >= 0.3 is 0 Å². The zero-order chi connectivity index (χ0) is 15.8. The van der Waals surface area contributed by atoms with E-state index in [2.05, 4.69) is 14.9 Å². The maximum Gasteiger partial charge on any atom is 0.279 e. The highest BCUT2D eigenvalue weighted by atomic mass is 32.2. The van der Waals surface area contributed by atoms with E-state index < -0.39 is 22.0 Å². The Morgan fingerprint density at radius 1 is 1.36 bits per heavy atom. The van der Waals surface area contributed by atoms with Gasteiger partial charge < -0.3 is 4.52 Å². The highest BCUT2D eigenvalue weighted by Crippen LogP contribution is 2.43. The predicted octanol–water partition coefficient (Wildman–Crippen LogP) is 1.40. The molecule has 2 aliphatic rings. The third-order valence-corrected chi connectivity index (χ3v) is 5.64. The molecular weight excluding hydrogens is 318 g/mol. The predicted molar refractivity (Wildman–Crippen MR) is 72.4 cm³/mol. The van der Waals surface area contributed by atoms with Crippen LogP contribution in [0.15, 0.2) is 4.52 Å². The fourth-order valence-corrected chi connectivity index (χ4v) is 4.10. The zero-order valence-corrected chi connectivity index (χ0v) is 12.8. The summed E-state index contributed by atoms with van der Waals surface area (Å²) in [5.41, 5.74) is 0. The Morgan fingerprint density at radius 2 is 2.18 bits per heavy atom. The van der Waals surface area contributed by atoms with E-state index in [-0.39, 0.29) is 24.7 Å². The molecule has 2 heterocycles. The Kier molecular flexibility index (Phi) is 4.17. The molecular formula is C12H18F2N4O3S. The van der Waals surface area contributed by atoms with Crippen LogP contribution in [0.1, 0.15) is 49.7 Å². The molecule has 0 radical (unpaired) electrons. The molecule has 1 atom stereocenters. The van der Waals surface area contributed by atoms with Crippen molar-refractivity contribution >= 4 is 10.2 Å². The van der Waals surface area contributed by atoms with Crippen molar-refractivity contribution in [2.45, 2.75) is 50.5 Å². The molecule has 1 saturated heterocycles. The van der Waals surface area contributed by atoms with Crippen molar-refractivity contribution in [3.8, 4) is 0 Å². The average molecular weight is 336 g/mol. The molecule has 1 aliphatic heterocycles. The third kappa shape index (κ3) is 3.13. The lowest BCUT2D eigenvalue weighted by Gasteiger charge is -2.28. The van der Waals surface area contributed by atoms with E-state index in [0.717, 1.165) is 0 Å². The van der Waals surface area contributed by atoms with Gasteiger partial charge in [-0.1, -0.05) is 11.6 Å². The van der Waals surface area contributed by atoms with E-state index in [1.54, 1.807) is 0 Å². The first-order valence-electron chi connectivity index (χ1n) is 7.33. The van der Waals surface area contributed by atoms with Crippen molar-refractivity contribution in [3.63, 3.8) is 0 Å². The number of alkyl halides is 2. The first kappa shape index (κ1) is 15.8. The van der Waals surface area contributed by atoms with E-state index in [9.17, 15) is 17.2 Å². The lowest BCUT2D eigenvalue weighted by molar-refractivity contribution is -0.0576. The number of nitrogens with one attached hydrogen (secondary N) is 1. The van der Waals surface area contributed by atoms with Crippen LogP contribution < -0.4 is 4.72 Å². The van der Waals surface area contributed by atoms with E-state index in [1.165, 1.54) is 4.31 Å². The van der Waals surface area contributed by atoms with E-state index >= 15 is 0 Å². The summed E-state index contributed by atoms with van der Waals surface area (Å²) in [6.07, 6.45) is 2.00. The molecule has 0 amide bonds. The lowest BCUT2D eigenvalue weighted by atomic mass is 9.85. The van der Waals surface area contributed by atoms with Crippen molar-refractivity contribution in [3.05, 3.63) is 11.7 Å². The standard InChI is InChI=1S/C12H18F2N4O3S/c13-12(14)5-2-1-4-9(12)11-16-10(21-17-11)8-18-7-3-6-15-22(18,19)20/h9,15H,1-8H2. The first-order chi connectivity index (χ1) is 10.4. The molecule has 22 heavy (non-hydrogen) atoms. The second-order valence-corrected chi connectivity index (χ2v) is 7.45. The molecule has 0 bridgehead atoms. The number of nitrogens with zero attached hydrogens (tertiary/aromatic N) is 3. The molecule has 1 aliphatic carbocycles. The molecule has 7 nitrogen and oxygen atoms in total. The molecule has 1 saturated carbocycles. The van der Waals surface area contributed by atoms with Gasteiger partial charge in [-0.05, 0) is 19.3 Å². The summed E-state index contributed by atoms with van der Waals surface area (Å²) in [6.45, 7) is 0.634. The average Bonchev–Trinajstić information content (AvgIpc) is 2.89. The van der Waals surface area contributed by atoms with Gasteiger partial charge in [-0.2, -0.15) is 17.7 Å². The fraction of sp³-hybridized carbons (Fsp3) is 0.833. The van der Waals surface area contributed by atoms with Crippen LogP contribution >= 0.6 is 0 Å². The molecule has 0 aromatic carbocycles. The van der Waals surface area contributed by atoms with Gasteiger partial charge in [0.15, 0.2) is 5.82 Å². The zero-order valence-electron chi connectivity index (χ0n) is 12.0. The minimum atomic E-state index is -3.55. The number of hydrogen-bond donors (Lipinski definition) is 1. The van der Waals surface area contributed by atoms with E-state index in [4.69, 9.17) is 4.52 Å². The van der Waals surface area contributed by atoms with Gasteiger partial charge in [-0.15, -0.1) is 0 Å². The summed E-state index contributed by atoms with van der Waals surface area (Å²) in [7, 11) is -3.55. The molecule has 124 valence electrons. The number of hydrogen-bond acceptors (Lipinski definition) is 5. The van der Waals surface area contributed by atoms with Crippen LogP contribution in [0.2, 0.25) is 0 Å². The highest BCUT2D eigenvalue weighted by Gasteiger charge is 2.45. The Bertz CT molecular complexity index is 634. The maximum atomic E-state index is 13.9. The molecule has 1 aromatic heterocycles. The summed E-state index contributed by atoms with van der Waals surface area (Å²) < 4.78 is 60.0. The Balaban J connectivity index is 1.74. The van der Waals surface area contributed by atoms with Crippen molar-refractivity contribution in [2.24, 2.45) is 0 Å². The number of aromatic nitrogens is 2. The van der Waals surface area contributed by atoms with Gasteiger partial charge in [-0.25, -0.2) is 13.5 Å². The van der Waals surface area contributed by atoms with Gasteiger partial charge in [0, 0.05) is 19.5 Å². The van der Waals surface area contributed by atoms with Crippen LogP contribution in [-0.4, -0.2) is 41.9 Å². The van der Waals surface area contributed by atoms with Crippen LogP contribution in [0.4, 0.5) is 8.78 Å². The molecule has 3 rings (SSSR count). The minimum Gasteiger partial charge on any atom is -0.338 e. The van der Waals surface area contributed by atoms with Crippen molar-refractivity contribution in [1.29, 1.82) is 0 Å². The highest BCUT2D eigenvalue weighted by molar-refractivity contribution is 7.87. The Labute approximate surface area is 127 Å². The maximum absolute atomic E-state index is 13.9. The van der Waals surface area contributed by atoms with Crippen LogP contribution in [-0.2, 0) is 16.8 Å². The largest absolute Gasteiger partial charge is 0.338 e. The lowest BCUT2D eigenvalue weighted by Crippen LogP contribution is -2.46. The van der Waals surface area contributed by atoms with Crippen molar-refractivity contribution in [2.75, 3.05) is 13.1 Å². The monoisotopic (exact) mass is 336 g/mol. The molecule has 10 heteroatoms. The summed E-state index contributed by atoms with van der Waals surface area (Å²) in [5, 5.41) is 3.64. The molecule has 1 N–H and O–H groups in total. The van der Waals surface area contributed by atoms with Crippen molar-refractivity contribution < 1.29 is 21.7 Å². The topological polar surface area (TPSA) is 88.3 Å².